The second-order valence-electron chi connectivity index (χ2n) is 4.09. The van der Waals surface area contributed by atoms with E-state index in [0.29, 0.717) is 24.8 Å². The molecule has 0 radical (unpaired) electrons. The Kier molecular flexibility index (Phi) is 7.97. The molecule has 0 saturated carbocycles. The fourth-order valence-corrected chi connectivity index (χ4v) is 2.31. The van der Waals surface area contributed by atoms with Crippen molar-refractivity contribution in [3.63, 3.8) is 0 Å². The van der Waals surface area contributed by atoms with Gasteiger partial charge in [0.25, 0.3) is 0 Å². The zero-order chi connectivity index (χ0) is 13.4. The van der Waals surface area contributed by atoms with Crippen LogP contribution in [0.15, 0.2) is 18.2 Å². The van der Waals surface area contributed by atoms with Gasteiger partial charge in [0.2, 0.25) is 0 Å². The monoisotopic (exact) mass is 383 g/mol. The maximum atomic E-state index is 9.72. The van der Waals surface area contributed by atoms with E-state index in [2.05, 4.69) is 34.8 Å². The number of hydrogen-bond donors (Lipinski definition) is 2. The molecule has 5 heteroatoms. The number of ether oxygens (including phenoxy) is 1. The van der Waals surface area contributed by atoms with Crippen molar-refractivity contribution in [2.24, 2.45) is 0 Å². The molecule has 0 spiro atoms. The van der Waals surface area contributed by atoms with Crippen LogP contribution in [0.3, 0.4) is 0 Å². The molecule has 0 heterocycles. The molecule has 102 valence electrons. The minimum atomic E-state index is -0.516. The molecule has 18 heavy (non-hydrogen) atoms. The topological polar surface area (TPSA) is 41.5 Å². The van der Waals surface area contributed by atoms with Crippen LogP contribution in [0.25, 0.3) is 0 Å². The van der Waals surface area contributed by atoms with Gasteiger partial charge in [-0.05, 0) is 47.2 Å². The van der Waals surface area contributed by atoms with Crippen molar-refractivity contribution in [1.29, 1.82) is 0 Å². The number of rotatable bonds is 8. The number of hydrogen-bond acceptors (Lipinski definition) is 3. The molecule has 1 unspecified atom stereocenters. The van der Waals surface area contributed by atoms with Crippen molar-refractivity contribution in [2.75, 3.05) is 25.1 Å². The van der Waals surface area contributed by atoms with Crippen molar-refractivity contribution in [3.8, 4) is 0 Å². The lowest BCUT2D eigenvalue weighted by Gasteiger charge is -2.14. The van der Waals surface area contributed by atoms with Crippen LogP contribution in [0.4, 0.5) is 5.69 Å². The van der Waals surface area contributed by atoms with Gasteiger partial charge >= 0.3 is 0 Å². The molecule has 1 rings (SSSR count). The van der Waals surface area contributed by atoms with Gasteiger partial charge < -0.3 is 15.2 Å². The molecular formula is C13H19ClINO2. The zero-order valence-electron chi connectivity index (χ0n) is 10.5. The van der Waals surface area contributed by atoms with E-state index in [1.165, 1.54) is 0 Å². The minimum Gasteiger partial charge on any atom is -0.389 e. The van der Waals surface area contributed by atoms with Crippen LogP contribution in [0, 0.1) is 3.57 Å². The first-order valence-electron chi connectivity index (χ1n) is 6.08. The predicted molar refractivity (Wildman–Crippen MR) is 84.4 cm³/mol. The SMILES string of the molecule is CCCCOCC(O)CNc1ccc(I)cc1Cl. The smallest absolute Gasteiger partial charge is 0.0945 e. The van der Waals surface area contributed by atoms with Gasteiger partial charge in [0.15, 0.2) is 0 Å². The molecule has 3 nitrogen and oxygen atoms in total. The summed E-state index contributed by atoms with van der Waals surface area (Å²) in [7, 11) is 0. The van der Waals surface area contributed by atoms with E-state index in [0.717, 1.165) is 22.1 Å². The first-order chi connectivity index (χ1) is 8.63. The summed E-state index contributed by atoms with van der Waals surface area (Å²) in [5.41, 5.74) is 0.838. The molecule has 0 aliphatic carbocycles. The van der Waals surface area contributed by atoms with E-state index >= 15 is 0 Å². The number of unbranched alkanes of at least 4 members (excludes halogenated alkanes) is 1. The van der Waals surface area contributed by atoms with E-state index in [1.807, 2.05) is 18.2 Å². The Bertz CT molecular complexity index is 363. The average molecular weight is 384 g/mol. The summed E-state index contributed by atoms with van der Waals surface area (Å²) in [6.07, 6.45) is 1.62. The largest absolute Gasteiger partial charge is 0.389 e. The normalized spacial score (nSPS) is 12.4. The van der Waals surface area contributed by atoms with Crippen LogP contribution in [0.5, 0.6) is 0 Å². The number of anilines is 1. The van der Waals surface area contributed by atoms with Gasteiger partial charge in [-0.25, -0.2) is 0 Å². The van der Waals surface area contributed by atoms with Gasteiger partial charge in [-0.3, -0.25) is 0 Å². The fraction of sp³-hybridized carbons (Fsp3) is 0.538. The minimum absolute atomic E-state index is 0.356. The highest BCUT2D eigenvalue weighted by molar-refractivity contribution is 14.1. The Balaban J connectivity index is 2.27. The van der Waals surface area contributed by atoms with E-state index in [1.54, 1.807) is 0 Å². The van der Waals surface area contributed by atoms with Crippen LogP contribution < -0.4 is 5.32 Å². The molecule has 0 fully saturated rings. The Labute approximate surface area is 127 Å². The molecule has 0 aromatic heterocycles. The third-order valence-corrected chi connectivity index (χ3v) is 3.40. The first kappa shape index (κ1) is 16.0. The Morgan fingerprint density at radius 2 is 2.28 bits per heavy atom. The number of nitrogens with one attached hydrogen (secondary N) is 1. The highest BCUT2D eigenvalue weighted by Crippen LogP contribution is 2.23. The second-order valence-corrected chi connectivity index (χ2v) is 5.74. The third-order valence-electron chi connectivity index (χ3n) is 2.41. The Morgan fingerprint density at radius 3 is 2.94 bits per heavy atom. The lowest BCUT2D eigenvalue weighted by atomic mass is 10.3. The zero-order valence-corrected chi connectivity index (χ0v) is 13.4. The molecule has 0 bridgehead atoms. The number of aliphatic hydroxyl groups excluding tert-OH is 1. The van der Waals surface area contributed by atoms with E-state index in [9.17, 15) is 5.11 Å². The molecule has 0 amide bonds. The second kappa shape index (κ2) is 8.96. The van der Waals surface area contributed by atoms with Crippen molar-refractivity contribution in [3.05, 3.63) is 26.8 Å². The molecule has 0 aliphatic heterocycles. The Hall–Kier alpha value is -0.0400. The standard InChI is InChI=1S/C13H19ClINO2/c1-2-3-6-18-9-11(17)8-16-13-5-4-10(15)7-12(13)14/h4-5,7,11,16-17H,2-3,6,8-9H2,1H3. The van der Waals surface area contributed by atoms with Crippen LogP contribution in [-0.2, 0) is 4.74 Å². The maximum Gasteiger partial charge on any atom is 0.0945 e. The van der Waals surface area contributed by atoms with Gasteiger partial charge in [0.05, 0.1) is 23.4 Å². The maximum absolute atomic E-state index is 9.72. The summed E-state index contributed by atoms with van der Waals surface area (Å²) in [6.45, 7) is 3.61. The van der Waals surface area contributed by atoms with Gasteiger partial charge in [-0.2, -0.15) is 0 Å². The average Bonchev–Trinajstić information content (AvgIpc) is 2.33. The highest BCUT2D eigenvalue weighted by atomic mass is 127. The molecule has 1 atom stereocenters. The summed E-state index contributed by atoms with van der Waals surface area (Å²) in [5.74, 6) is 0. The van der Waals surface area contributed by atoms with E-state index in [4.69, 9.17) is 16.3 Å². The summed E-state index contributed by atoms with van der Waals surface area (Å²) in [6, 6.07) is 5.77. The Morgan fingerprint density at radius 1 is 1.50 bits per heavy atom. The number of benzene rings is 1. The van der Waals surface area contributed by atoms with Crippen molar-refractivity contribution >= 4 is 39.9 Å². The van der Waals surface area contributed by atoms with Gasteiger partial charge in [0.1, 0.15) is 0 Å². The number of halogens is 2. The van der Waals surface area contributed by atoms with Crippen molar-refractivity contribution in [2.45, 2.75) is 25.9 Å². The quantitative estimate of drug-likeness (QED) is 0.533. The summed E-state index contributed by atoms with van der Waals surface area (Å²) < 4.78 is 6.44. The van der Waals surface area contributed by atoms with Crippen LogP contribution >= 0.6 is 34.2 Å². The predicted octanol–water partition coefficient (Wildman–Crippen LogP) is 3.53. The first-order valence-corrected chi connectivity index (χ1v) is 7.54. The lowest BCUT2D eigenvalue weighted by Crippen LogP contribution is -2.25. The van der Waals surface area contributed by atoms with E-state index in [-0.39, 0.29) is 0 Å². The molecule has 0 aliphatic rings. The molecule has 2 N–H and O–H groups in total. The van der Waals surface area contributed by atoms with Crippen molar-refractivity contribution in [1.82, 2.24) is 0 Å². The fourth-order valence-electron chi connectivity index (χ4n) is 1.39. The highest BCUT2D eigenvalue weighted by Gasteiger charge is 2.06. The van der Waals surface area contributed by atoms with Gasteiger partial charge in [-0.15, -0.1) is 0 Å². The summed E-state index contributed by atoms with van der Waals surface area (Å²) in [4.78, 5) is 0. The van der Waals surface area contributed by atoms with Crippen LogP contribution in [0.2, 0.25) is 5.02 Å². The summed E-state index contributed by atoms with van der Waals surface area (Å²) >= 11 is 8.29. The summed E-state index contributed by atoms with van der Waals surface area (Å²) in [5, 5.41) is 13.5. The molecule has 1 aromatic carbocycles. The number of aliphatic hydroxyl groups is 1. The van der Waals surface area contributed by atoms with Gasteiger partial charge in [-0.1, -0.05) is 24.9 Å². The molecule has 0 saturated heterocycles. The van der Waals surface area contributed by atoms with Crippen molar-refractivity contribution < 1.29 is 9.84 Å². The van der Waals surface area contributed by atoms with Crippen LogP contribution in [-0.4, -0.2) is 31.0 Å². The van der Waals surface area contributed by atoms with Crippen LogP contribution in [0.1, 0.15) is 19.8 Å². The molecular weight excluding hydrogens is 365 g/mol. The van der Waals surface area contributed by atoms with Gasteiger partial charge in [0, 0.05) is 16.7 Å². The third kappa shape index (κ3) is 6.22. The molecule has 1 aromatic rings. The van der Waals surface area contributed by atoms with E-state index < -0.39 is 6.10 Å². The lowest BCUT2D eigenvalue weighted by molar-refractivity contribution is 0.0422.